The molecule has 1 aliphatic heterocycles. The third-order valence-electron chi connectivity index (χ3n) is 0.204. The topological polar surface area (TPSA) is 29.6 Å². The molecule has 2 nitrogen and oxygen atoms in total. The number of hydrogen-bond acceptors (Lipinski definition) is 2. The molecule has 1 aliphatic rings. The molecule has 0 saturated carbocycles. The van der Waals surface area contributed by atoms with Crippen LogP contribution in [0.15, 0.2) is 0 Å². The second-order valence-corrected chi connectivity index (χ2v) is 0.612. The van der Waals surface area contributed by atoms with E-state index in [2.05, 4.69) is 11.7 Å². The molecule has 49 valence electrons. The minimum absolute atomic E-state index is 0. The Morgan fingerprint density at radius 1 is 1.38 bits per heavy atom. The molecule has 1 saturated heterocycles. The van der Waals surface area contributed by atoms with Gasteiger partial charge in [0.15, 0.2) is 0 Å². The summed E-state index contributed by atoms with van der Waals surface area (Å²) in [6.45, 7) is 7.00. The number of hydrogen-bond donors (Lipinski definition) is 0. The fourth-order valence-electron chi connectivity index (χ4n) is 0. The van der Waals surface area contributed by atoms with Crippen molar-refractivity contribution in [1.82, 2.24) is 0 Å². The van der Waals surface area contributed by atoms with E-state index in [1.165, 1.54) is 0 Å². The Balaban J connectivity index is -0.0000000467. The minimum atomic E-state index is 0. The van der Waals surface area contributed by atoms with E-state index in [0.717, 1.165) is 30.6 Å². The van der Waals surface area contributed by atoms with Gasteiger partial charge in [-0.1, -0.05) is 0 Å². The van der Waals surface area contributed by atoms with Gasteiger partial charge < -0.3 is 19.1 Å². The standard InChI is InChI=1S/C2H4O.C2H5.CH3.O.V/c1-2-3-1;1-2;;;/h1-2H2;1H2,2H3;1H3;;/q;2*-1;;+2. The molecule has 3 heteroatoms. The fourth-order valence-corrected chi connectivity index (χ4v) is 0. The van der Waals surface area contributed by atoms with Crippen LogP contribution < -0.4 is 0 Å². The normalized spacial score (nSPS) is 10.5. The van der Waals surface area contributed by atoms with Crippen LogP contribution in [0.4, 0.5) is 0 Å². The summed E-state index contributed by atoms with van der Waals surface area (Å²) >= 11 is 1.06. The van der Waals surface area contributed by atoms with Gasteiger partial charge in [0, 0.05) is 0 Å². The van der Waals surface area contributed by atoms with Gasteiger partial charge in [-0.15, -0.1) is 0 Å². The first-order chi connectivity index (χ1) is 3.50. The van der Waals surface area contributed by atoms with Gasteiger partial charge in [-0.2, -0.15) is 6.92 Å². The summed E-state index contributed by atoms with van der Waals surface area (Å²) < 4.78 is 12.7. The van der Waals surface area contributed by atoms with Gasteiger partial charge >= 0.3 is 21.0 Å². The van der Waals surface area contributed by atoms with Gasteiger partial charge in [0.1, 0.15) is 0 Å². The Morgan fingerprint density at radius 3 is 1.50 bits per heavy atom. The molecule has 8 heavy (non-hydrogen) atoms. The van der Waals surface area contributed by atoms with Crippen molar-refractivity contribution in [2.45, 2.75) is 6.92 Å². The second-order valence-electron chi connectivity index (χ2n) is 0.612. The predicted molar refractivity (Wildman–Crippen MR) is 29.0 cm³/mol. The van der Waals surface area contributed by atoms with Crippen molar-refractivity contribution in [3.8, 4) is 0 Å². The van der Waals surface area contributed by atoms with Crippen LogP contribution in [0.5, 0.6) is 0 Å². The summed E-state index contributed by atoms with van der Waals surface area (Å²) in [4.78, 5) is 0. The first kappa shape index (κ1) is 15.8. The quantitative estimate of drug-likeness (QED) is 0.388. The van der Waals surface area contributed by atoms with Crippen LogP contribution in [0, 0.1) is 14.4 Å². The Hall–Kier alpha value is 0.344. The predicted octanol–water partition coefficient (Wildman–Crippen LogP) is 1.19. The zero-order chi connectivity index (χ0) is 6.12. The van der Waals surface area contributed by atoms with Crippen molar-refractivity contribution in [3.05, 3.63) is 14.4 Å². The first-order valence-electron chi connectivity index (χ1n) is 1.97. The summed E-state index contributed by atoms with van der Waals surface area (Å²) in [6, 6.07) is 0. The molecule has 0 aromatic rings. The van der Waals surface area contributed by atoms with Crippen molar-refractivity contribution in [1.29, 1.82) is 0 Å². The molecule has 0 atom stereocenters. The molecule has 0 N–H and O–H groups in total. The third-order valence-corrected chi connectivity index (χ3v) is 0.204. The van der Waals surface area contributed by atoms with Crippen LogP contribution in [0.25, 0.3) is 0 Å². The van der Waals surface area contributed by atoms with E-state index < -0.39 is 0 Å². The molecule has 0 bridgehead atoms. The average Bonchev–Trinajstić information content (AvgIpc) is 2.58. The molecular weight excluding hydrogens is 143 g/mol. The molecular formula is C5H12O2V. The molecule has 0 radical (unpaired) electrons. The zero-order valence-electron chi connectivity index (χ0n) is 5.39. The maximum absolute atomic E-state index is 8.19. The van der Waals surface area contributed by atoms with Gasteiger partial charge in [0.2, 0.25) is 0 Å². The van der Waals surface area contributed by atoms with Crippen molar-refractivity contribution < 1.29 is 25.8 Å². The SMILES string of the molecule is C1CO1.[CH2-]C.[CH3-].[O]=[V+2]. The van der Waals surface area contributed by atoms with Gasteiger partial charge in [0.05, 0.1) is 13.2 Å². The zero-order valence-corrected chi connectivity index (χ0v) is 6.78. The van der Waals surface area contributed by atoms with Crippen LogP contribution in [0.1, 0.15) is 6.92 Å². The Labute approximate surface area is 60.8 Å². The average molecular weight is 155 g/mol. The Morgan fingerprint density at radius 2 is 1.50 bits per heavy atom. The summed E-state index contributed by atoms with van der Waals surface area (Å²) in [5.41, 5.74) is 0. The van der Waals surface area contributed by atoms with Gasteiger partial charge in [0.25, 0.3) is 0 Å². The first-order valence-corrected chi connectivity index (χ1v) is 2.54. The fraction of sp³-hybridized carbons (Fsp3) is 0.600. The van der Waals surface area contributed by atoms with Crippen molar-refractivity contribution >= 4 is 0 Å². The summed E-state index contributed by atoms with van der Waals surface area (Å²) in [5, 5.41) is 0. The van der Waals surface area contributed by atoms with Crippen molar-refractivity contribution in [3.63, 3.8) is 0 Å². The summed E-state index contributed by atoms with van der Waals surface area (Å²) in [5.74, 6) is 0. The number of rotatable bonds is 0. The van der Waals surface area contributed by atoms with Crippen LogP contribution in [-0.4, -0.2) is 13.2 Å². The van der Waals surface area contributed by atoms with E-state index in [1.807, 2.05) is 0 Å². The molecule has 0 aliphatic carbocycles. The molecule has 0 aromatic carbocycles. The van der Waals surface area contributed by atoms with E-state index in [4.69, 9.17) is 3.67 Å². The number of ether oxygens (including phenoxy) is 1. The maximum atomic E-state index is 8.19. The van der Waals surface area contributed by atoms with Crippen LogP contribution in [0.2, 0.25) is 0 Å². The molecule has 0 unspecified atom stereocenters. The van der Waals surface area contributed by atoms with Crippen molar-refractivity contribution in [2.24, 2.45) is 0 Å². The molecule has 1 heterocycles. The molecule has 1 fully saturated rings. The van der Waals surface area contributed by atoms with E-state index in [0.29, 0.717) is 0 Å². The van der Waals surface area contributed by atoms with Crippen molar-refractivity contribution in [2.75, 3.05) is 13.2 Å². The number of epoxide rings is 1. The van der Waals surface area contributed by atoms with Gasteiger partial charge in [-0.25, -0.2) is 0 Å². The van der Waals surface area contributed by atoms with E-state index >= 15 is 0 Å². The van der Waals surface area contributed by atoms with E-state index in [1.54, 1.807) is 6.92 Å². The second kappa shape index (κ2) is 26.4. The van der Waals surface area contributed by atoms with Crippen LogP contribution >= 0.6 is 0 Å². The third kappa shape index (κ3) is 100. The Bertz CT molecular complexity index is 21.6. The summed E-state index contributed by atoms with van der Waals surface area (Å²) in [7, 11) is 0. The monoisotopic (exact) mass is 155 g/mol. The molecule has 1 rings (SSSR count). The molecule has 0 amide bonds. The van der Waals surface area contributed by atoms with E-state index in [9.17, 15) is 0 Å². The van der Waals surface area contributed by atoms with E-state index in [-0.39, 0.29) is 7.43 Å². The van der Waals surface area contributed by atoms with Gasteiger partial charge in [-0.05, 0) is 0 Å². The van der Waals surface area contributed by atoms with Crippen LogP contribution in [-0.2, 0) is 25.8 Å². The van der Waals surface area contributed by atoms with Gasteiger partial charge in [-0.3, -0.25) is 0 Å². The summed E-state index contributed by atoms with van der Waals surface area (Å²) in [6.07, 6.45) is 0. The Kier molecular flexibility index (Phi) is 52.1. The molecule has 0 aromatic heterocycles. The molecule has 0 spiro atoms. The van der Waals surface area contributed by atoms with Crippen LogP contribution in [0.3, 0.4) is 0 Å².